The van der Waals surface area contributed by atoms with E-state index in [9.17, 15) is 4.79 Å². The molecule has 0 aliphatic carbocycles. The van der Waals surface area contributed by atoms with Crippen LogP contribution in [0, 0.1) is 5.92 Å². The molecule has 1 aromatic heterocycles. The molecule has 1 aliphatic heterocycles. The molecule has 4 heteroatoms. The van der Waals surface area contributed by atoms with Crippen molar-refractivity contribution in [3.63, 3.8) is 0 Å². The van der Waals surface area contributed by atoms with E-state index in [0.717, 1.165) is 19.4 Å². The van der Waals surface area contributed by atoms with E-state index in [4.69, 9.17) is 0 Å². The quantitative estimate of drug-likeness (QED) is 0.916. The Morgan fingerprint density at radius 3 is 2.95 bits per heavy atom. The third-order valence-electron chi connectivity index (χ3n) is 4.02. The Morgan fingerprint density at radius 2 is 2.24 bits per heavy atom. The van der Waals surface area contributed by atoms with Gasteiger partial charge in [-0.1, -0.05) is 6.07 Å². The predicted octanol–water partition coefficient (Wildman–Crippen LogP) is 2.43. The summed E-state index contributed by atoms with van der Waals surface area (Å²) in [5.74, 6) is 0.272. The SMILES string of the molecule is CN(C)CCc1c[nH]c2ccc(C[C@@H]3C=NC(=O)C3)cc12. The van der Waals surface area contributed by atoms with Crippen LogP contribution < -0.4 is 0 Å². The molecular formula is C17H21N3O. The maximum absolute atomic E-state index is 11.2. The Labute approximate surface area is 124 Å². The minimum atomic E-state index is 0.00870. The van der Waals surface area contributed by atoms with Crippen LogP contribution in [-0.2, 0) is 17.6 Å². The van der Waals surface area contributed by atoms with Crippen LogP contribution in [-0.4, -0.2) is 42.6 Å². The van der Waals surface area contributed by atoms with E-state index in [-0.39, 0.29) is 11.8 Å². The molecule has 21 heavy (non-hydrogen) atoms. The number of nitrogens with zero attached hydrogens (tertiary/aromatic N) is 2. The van der Waals surface area contributed by atoms with Crippen LogP contribution >= 0.6 is 0 Å². The zero-order valence-electron chi connectivity index (χ0n) is 12.6. The van der Waals surface area contributed by atoms with Gasteiger partial charge in [-0.3, -0.25) is 4.79 Å². The minimum absolute atomic E-state index is 0.00870. The first-order valence-electron chi connectivity index (χ1n) is 7.42. The van der Waals surface area contributed by atoms with Crippen LogP contribution in [0.4, 0.5) is 0 Å². The molecule has 1 aromatic carbocycles. The van der Waals surface area contributed by atoms with Gasteiger partial charge in [0.05, 0.1) is 0 Å². The first-order chi connectivity index (χ1) is 10.1. The molecule has 0 saturated heterocycles. The number of carbonyl (C=O) groups is 1. The van der Waals surface area contributed by atoms with E-state index >= 15 is 0 Å². The number of H-pyrrole nitrogens is 1. The Balaban J connectivity index is 1.79. The molecule has 110 valence electrons. The van der Waals surface area contributed by atoms with Gasteiger partial charge < -0.3 is 9.88 Å². The number of fused-ring (bicyclic) bond motifs is 1. The summed E-state index contributed by atoms with van der Waals surface area (Å²) in [6, 6.07) is 6.54. The average Bonchev–Trinajstić information content (AvgIpc) is 3.03. The van der Waals surface area contributed by atoms with E-state index in [1.54, 1.807) is 6.21 Å². The van der Waals surface area contributed by atoms with Gasteiger partial charge in [-0.25, -0.2) is 4.99 Å². The smallest absolute Gasteiger partial charge is 0.245 e. The molecule has 0 fully saturated rings. The molecule has 1 amide bonds. The fraction of sp³-hybridized carbons (Fsp3) is 0.412. The number of likely N-dealkylation sites (N-methyl/N-ethyl adjacent to an activating group) is 1. The summed E-state index contributed by atoms with van der Waals surface area (Å²) in [5.41, 5.74) is 3.82. The van der Waals surface area contributed by atoms with Gasteiger partial charge in [0, 0.05) is 42.2 Å². The van der Waals surface area contributed by atoms with Crippen molar-refractivity contribution in [2.75, 3.05) is 20.6 Å². The molecule has 1 N–H and O–H groups in total. The second kappa shape index (κ2) is 5.82. The Morgan fingerprint density at radius 1 is 1.38 bits per heavy atom. The van der Waals surface area contributed by atoms with Gasteiger partial charge in [0.25, 0.3) is 0 Å². The monoisotopic (exact) mass is 283 g/mol. The number of hydrogen-bond acceptors (Lipinski definition) is 2. The highest BCUT2D eigenvalue weighted by Gasteiger charge is 2.18. The largest absolute Gasteiger partial charge is 0.361 e. The molecule has 0 saturated carbocycles. The van der Waals surface area contributed by atoms with Crippen molar-refractivity contribution in [2.24, 2.45) is 10.9 Å². The fourth-order valence-corrected chi connectivity index (χ4v) is 2.85. The van der Waals surface area contributed by atoms with Crippen molar-refractivity contribution in [3.8, 4) is 0 Å². The molecule has 0 unspecified atom stereocenters. The summed E-state index contributed by atoms with van der Waals surface area (Å²) in [5, 5.41) is 1.30. The number of aliphatic imine (C=N–C) groups is 1. The van der Waals surface area contributed by atoms with Gasteiger partial charge in [-0.2, -0.15) is 0 Å². The Kier molecular flexibility index (Phi) is 3.88. The number of nitrogens with one attached hydrogen (secondary N) is 1. The first kappa shape index (κ1) is 14.0. The normalized spacial score (nSPS) is 18.2. The molecular weight excluding hydrogens is 262 g/mol. The Hall–Kier alpha value is -1.94. The van der Waals surface area contributed by atoms with Crippen LogP contribution in [0.3, 0.4) is 0 Å². The van der Waals surface area contributed by atoms with Gasteiger partial charge in [-0.15, -0.1) is 0 Å². The molecule has 1 aliphatic rings. The van der Waals surface area contributed by atoms with Gasteiger partial charge in [0.2, 0.25) is 5.91 Å². The highest BCUT2D eigenvalue weighted by Crippen LogP contribution is 2.23. The summed E-state index contributed by atoms with van der Waals surface area (Å²) >= 11 is 0. The van der Waals surface area contributed by atoms with Gasteiger partial charge in [0.15, 0.2) is 0 Å². The van der Waals surface area contributed by atoms with E-state index in [1.165, 1.54) is 22.0 Å². The lowest BCUT2D eigenvalue weighted by molar-refractivity contribution is -0.117. The standard InChI is InChI=1S/C17H21N3O/c1-20(2)6-5-14-11-18-16-4-3-12(8-15(14)16)7-13-9-17(21)19-10-13/h3-4,8,10-11,13,18H,5-7,9H2,1-2H3/t13-/m0/s1. The zero-order chi connectivity index (χ0) is 14.8. The molecule has 1 atom stereocenters. The van der Waals surface area contributed by atoms with E-state index in [2.05, 4.69) is 53.4 Å². The summed E-state index contributed by atoms with van der Waals surface area (Å²) in [7, 11) is 4.19. The molecule has 4 nitrogen and oxygen atoms in total. The van der Waals surface area contributed by atoms with Crippen molar-refractivity contribution in [1.29, 1.82) is 0 Å². The number of amides is 1. The molecule has 0 bridgehead atoms. The maximum Gasteiger partial charge on any atom is 0.245 e. The van der Waals surface area contributed by atoms with Crippen molar-refractivity contribution >= 4 is 23.0 Å². The molecule has 0 radical (unpaired) electrons. The predicted molar refractivity (Wildman–Crippen MR) is 85.9 cm³/mol. The van der Waals surface area contributed by atoms with Crippen molar-refractivity contribution < 1.29 is 4.79 Å². The number of hydrogen-bond donors (Lipinski definition) is 1. The van der Waals surface area contributed by atoms with Crippen LogP contribution in [0.2, 0.25) is 0 Å². The summed E-state index contributed by atoms with van der Waals surface area (Å²) < 4.78 is 0. The van der Waals surface area contributed by atoms with E-state index < -0.39 is 0 Å². The highest BCUT2D eigenvalue weighted by atomic mass is 16.1. The summed E-state index contributed by atoms with van der Waals surface area (Å²) in [4.78, 5) is 20.6. The van der Waals surface area contributed by atoms with Crippen LogP contribution in [0.1, 0.15) is 17.5 Å². The van der Waals surface area contributed by atoms with Crippen molar-refractivity contribution in [2.45, 2.75) is 19.3 Å². The molecule has 0 spiro atoms. The van der Waals surface area contributed by atoms with Crippen LogP contribution in [0.15, 0.2) is 29.4 Å². The molecule has 2 aromatic rings. The second-order valence-electron chi connectivity index (χ2n) is 6.09. The summed E-state index contributed by atoms with van der Waals surface area (Å²) in [6.45, 7) is 1.04. The third kappa shape index (κ3) is 3.22. The lowest BCUT2D eigenvalue weighted by Crippen LogP contribution is -2.14. The number of aromatic amines is 1. The average molecular weight is 283 g/mol. The maximum atomic E-state index is 11.2. The third-order valence-corrected chi connectivity index (χ3v) is 4.02. The number of aromatic nitrogens is 1. The van der Waals surface area contributed by atoms with Crippen LogP contribution in [0.25, 0.3) is 10.9 Å². The van der Waals surface area contributed by atoms with E-state index in [0.29, 0.717) is 6.42 Å². The molecule has 2 heterocycles. The van der Waals surface area contributed by atoms with Crippen LogP contribution in [0.5, 0.6) is 0 Å². The number of carbonyl (C=O) groups excluding carboxylic acids is 1. The first-order valence-corrected chi connectivity index (χ1v) is 7.42. The van der Waals surface area contributed by atoms with Gasteiger partial charge >= 0.3 is 0 Å². The zero-order valence-corrected chi connectivity index (χ0v) is 12.6. The number of rotatable bonds is 5. The lowest BCUT2D eigenvalue weighted by atomic mass is 9.97. The van der Waals surface area contributed by atoms with Crippen molar-refractivity contribution in [3.05, 3.63) is 35.5 Å². The number of benzene rings is 1. The fourth-order valence-electron chi connectivity index (χ4n) is 2.85. The summed E-state index contributed by atoms with van der Waals surface area (Å²) in [6.07, 6.45) is 6.40. The lowest BCUT2D eigenvalue weighted by Gasteiger charge is -2.09. The topological polar surface area (TPSA) is 48.5 Å². The van der Waals surface area contributed by atoms with Crippen molar-refractivity contribution in [1.82, 2.24) is 9.88 Å². The second-order valence-corrected chi connectivity index (χ2v) is 6.09. The van der Waals surface area contributed by atoms with E-state index in [1.807, 2.05) is 0 Å². The highest BCUT2D eigenvalue weighted by molar-refractivity contribution is 5.93. The Bertz CT molecular complexity index is 684. The molecule has 3 rings (SSSR count). The van der Waals surface area contributed by atoms with Gasteiger partial charge in [0.1, 0.15) is 0 Å². The van der Waals surface area contributed by atoms with Gasteiger partial charge in [-0.05, 0) is 50.2 Å². The minimum Gasteiger partial charge on any atom is -0.361 e.